The minimum Gasteiger partial charge on any atom is -0.314 e. The standard InChI is InChI=1S/C12H16FN3O4S/c1-8-6-14-7-9(2)15(8)21(19,20)12-5-10(16(17)18)3-4-11(12)13/h3-5,8-9,14H,6-7H2,1-2H3. The van der Waals surface area contributed by atoms with E-state index in [0.717, 1.165) is 18.2 Å². The summed E-state index contributed by atoms with van der Waals surface area (Å²) < 4.78 is 40.4. The third-order valence-electron chi connectivity index (χ3n) is 3.43. The number of nitrogens with zero attached hydrogens (tertiary/aromatic N) is 2. The number of nitro benzene ring substituents is 1. The molecule has 0 saturated carbocycles. The second kappa shape index (κ2) is 5.66. The average molecular weight is 317 g/mol. The lowest BCUT2D eigenvalue weighted by Crippen LogP contribution is -2.57. The summed E-state index contributed by atoms with van der Waals surface area (Å²) in [6.45, 7) is 4.30. The number of non-ortho nitro benzene ring substituents is 1. The van der Waals surface area contributed by atoms with Crippen LogP contribution in [-0.2, 0) is 10.0 Å². The average Bonchev–Trinajstić information content (AvgIpc) is 2.38. The molecule has 116 valence electrons. The Morgan fingerprint density at radius 1 is 1.33 bits per heavy atom. The molecular weight excluding hydrogens is 301 g/mol. The number of nitrogens with one attached hydrogen (secondary N) is 1. The Bertz CT molecular complexity index is 654. The number of halogens is 1. The quantitative estimate of drug-likeness (QED) is 0.666. The van der Waals surface area contributed by atoms with E-state index in [1.165, 1.54) is 4.31 Å². The SMILES string of the molecule is CC1CNCC(C)N1S(=O)(=O)c1cc([N+](=O)[O-])ccc1F. The topological polar surface area (TPSA) is 92.6 Å². The fourth-order valence-corrected chi connectivity index (χ4v) is 4.41. The van der Waals surface area contributed by atoms with Gasteiger partial charge in [-0.1, -0.05) is 0 Å². The van der Waals surface area contributed by atoms with E-state index in [-0.39, 0.29) is 12.1 Å². The number of sulfonamides is 1. The van der Waals surface area contributed by atoms with Crippen LogP contribution < -0.4 is 5.32 Å². The predicted octanol–water partition coefficient (Wildman–Crippen LogP) is 1.10. The van der Waals surface area contributed by atoms with Crippen molar-refractivity contribution in [3.8, 4) is 0 Å². The van der Waals surface area contributed by atoms with Crippen LogP contribution in [0.5, 0.6) is 0 Å². The number of benzene rings is 1. The van der Waals surface area contributed by atoms with E-state index in [4.69, 9.17) is 0 Å². The van der Waals surface area contributed by atoms with E-state index in [1.54, 1.807) is 13.8 Å². The van der Waals surface area contributed by atoms with Crippen LogP contribution in [0.15, 0.2) is 23.1 Å². The van der Waals surface area contributed by atoms with E-state index in [0.29, 0.717) is 13.1 Å². The van der Waals surface area contributed by atoms with Gasteiger partial charge in [-0.2, -0.15) is 4.31 Å². The molecule has 1 fully saturated rings. The van der Waals surface area contributed by atoms with Crippen molar-refractivity contribution in [2.75, 3.05) is 13.1 Å². The Hall–Kier alpha value is -1.58. The highest BCUT2D eigenvalue weighted by atomic mass is 32.2. The number of nitro groups is 1. The minimum absolute atomic E-state index is 0.364. The highest BCUT2D eigenvalue weighted by molar-refractivity contribution is 7.89. The van der Waals surface area contributed by atoms with Gasteiger partial charge in [0.2, 0.25) is 10.0 Å². The van der Waals surface area contributed by atoms with Gasteiger partial charge in [0.15, 0.2) is 0 Å². The fourth-order valence-electron chi connectivity index (χ4n) is 2.51. The largest absolute Gasteiger partial charge is 0.314 e. The molecule has 7 nitrogen and oxygen atoms in total. The van der Waals surface area contributed by atoms with Crippen LogP contribution in [0.1, 0.15) is 13.8 Å². The van der Waals surface area contributed by atoms with Crippen molar-refractivity contribution in [3.63, 3.8) is 0 Å². The number of hydrogen-bond donors (Lipinski definition) is 1. The first-order valence-electron chi connectivity index (χ1n) is 6.43. The lowest BCUT2D eigenvalue weighted by Gasteiger charge is -2.38. The molecule has 21 heavy (non-hydrogen) atoms. The molecule has 0 spiro atoms. The third-order valence-corrected chi connectivity index (χ3v) is 5.57. The van der Waals surface area contributed by atoms with Gasteiger partial charge < -0.3 is 5.32 Å². The number of hydrogen-bond acceptors (Lipinski definition) is 5. The Kier molecular flexibility index (Phi) is 4.26. The maximum atomic E-state index is 13.9. The van der Waals surface area contributed by atoms with E-state index in [9.17, 15) is 22.9 Å². The maximum absolute atomic E-state index is 13.9. The first-order valence-corrected chi connectivity index (χ1v) is 7.87. The van der Waals surface area contributed by atoms with Gasteiger partial charge in [0.25, 0.3) is 5.69 Å². The van der Waals surface area contributed by atoms with Crippen LogP contribution >= 0.6 is 0 Å². The van der Waals surface area contributed by atoms with Crippen molar-refractivity contribution < 1.29 is 17.7 Å². The fraction of sp³-hybridized carbons (Fsp3) is 0.500. The van der Waals surface area contributed by atoms with Gasteiger partial charge in [-0.15, -0.1) is 0 Å². The molecule has 9 heteroatoms. The second-order valence-electron chi connectivity index (χ2n) is 5.06. The van der Waals surface area contributed by atoms with E-state index < -0.39 is 31.3 Å². The first-order chi connectivity index (χ1) is 9.75. The smallest absolute Gasteiger partial charge is 0.270 e. The molecule has 0 amide bonds. The van der Waals surface area contributed by atoms with Gasteiger partial charge in [0, 0.05) is 37.3 Å². The highest BCUT2D eigenvalue weighted by Gasteiger charge is 2.37. The zero-order valence-electron chi connectivity index (χ0n) is 11.6. The van der Waals surface area contributed by atoms with Crippen molar-refractivity contribution in [2.24, 2.45) is 0 Å². The van der Waals surface area contributed by atoms with E-state index >= 15 is 0 Å². The summed E-state index contributed by atoms with van der Waals surface area (Å²) in [7, 11) is -4.13. The van der Waals surface area contributed by atoms with Gasteiger partial charge in [-0.25, -0.2) is 12.8 Å². The molecule has 2 atom stereocenters. The maximum Gasteiger partial charge on any atom is 0.270 e. The molecule has 1 aliphatic heterocycles. The molecule has 0 aliphatic carbocycles. The Labute approximate surface area is 122 Å². The highest BCUT2D eigenvalue weighted by Crippen LogP contribution is 2.27. The lowest BCUT2D eigenvalue weighted by atomic mass is 10.2. The van der Waals surface area contributed by atoms with Crippen LogP contribution in [0.3, 0.4) is 0 Å². The predicted molar refractivity (Wildman–Crippen MR) is 73.9 cm³/mol. The van der Waals surface area contributed by atoms with Crippen molar-refractivity contribution in [3.05, 3.63) is 34.1 Å². The van der Waals surface area contributed by atoms with Crippen molar-refractivity contribution in [1.82, 2.24) is 9.62 Å². The van der Waals surface area contributed by atoms with Crippen LogP contribution in [0.25, 0.3) is 0 Å². The molecule has 0 radical (unpaired) electrons. The van der Waals surface area contributed by atoms with Crippen LogP contribution in [0, 0.1) is 15.9 Å². The van der Waals surface area contributed by atoms with E-state index in [1.807, 2.05) is 0 Å². The molecular formula is C12H16FN3O4S. The van der Waals surface area contributed by atoms with Crippen molar-refractivity contribution in [1.29, 1.82) is 0 Å². The van der Waals surface area contributed by atoms with Crippen LogP contribution in [0.4, 0.5) is 10.1 Å². The third kappa shape index (κ3) is 2.89. The van der Waals surface area contributed by atoms with Gasteiger partial charge in [-0.05, 0) is 19.9 Å². The summed E-state index contributed by atoms with van der Waals surface area (Å²) in [6, 6.07) is 1.79. The lowest BCUT2D eigenvalue weighted by molar-refractivity contribution is -0.385. The molecule has 0 aromatic heterocycles. The molecule has 1 aliphatic rings. The zero-order valence-corrected chi connectivity index (χ0v) is 12.4. The van der Waals surface area contributed by atoms with Crippen molar-refractivity contribution in [2.45, 2.75) is 30.8 Å². The molecule has 1 N–H and O–H groups in total. The number of rotatable bonds is 3. The van der Waals surface area contributed by atoms with Gasteiger partial charge in [-0.3, -0.25) is 10.1 Å². The summed E-state index contributed by atoms with van der Waals surface area (Å²) in [6.07, 6.45) is 0. The Morgan fingerprint density at radius 3 is 2.43 bits per heavy atom. The summed E-state index contributed by atoms with van der Waals surface area (Å²) in [5.41, 5.74) is -0.453. The molecule has 0 bridgehead atoms. The molecule has 2 rings (SSSR count). The van der Waals surface area contributed by atoms with Gasteiger partial charge in [0.05, 0.1) is 4.92 Å². The van der Waals surface area contributed by atoms with Crippen LogP contribution in [-0.4, -0.2) is 42.8 Å². The second-order valence-corrected chi connectivity index (χ2v) is 6.87. The molecule has 1 heterocycles. The van der Waals surface area contributed by atoms with Crippen molar-refractivity contribution >= 4 is 15.7 Å². The summed E-state index contributed by atoms with van der Waals surface area (Å²) >= 11 is 0. The summed E-state index contributed by atoms with van der Waals surface area (Å²) in [5.74, 6) is -0.987. The van der Waals surface area contributed by atoms with Gasteiger partial charge in [0.1, 0.15) is 10.7 Å². The minimum atomic E-state index is -4.13. The first kappa shape index (κ1) is 15.8. The molecule has 1 aromatic carbocycles. The normalized spacial score (nSPS) is 24.0. The zero-order chi connectivity index (χ0) is 15.8. The Balaban J connectivity index is 2.53. The summed E-state index contributed by atoms with van der Waals surface area (Å²) in [4.78, 5) is 9.36. The monoisotopic (exact) mass is 317 g/mol. The molecule has 1 saturated heterocycles. The molecule has 1 aromatic rings. The van der Waals surface area contributed by atoms with Gasteiger partial charge >= 0.3 is 0 Å². The molecule has 2 unspecified atom stereocenters. The number of piperazine rings is 1. The Morgan fingerprint density at radius 2 is 1.90 bits per heavy atom. The van der Waals surface area contributed by atoms with E-state index in [2.05, 4.69) is 5.32 Å². The van der Waals surface area contributed by atoms with Crippen LogP contribution in [0.2, 0.25) is 0 Å². The summed E-state index contributed by atoms with van der Waals surface area (Å²) in [5, 5.41) is 13.8.